The van der Waals surface area contributed by atoms with Crippen molar-refractivity contribution in [2.24, 2.45) is 0 Å². The maximum Gasteiger partial charge on any atom is 0.122 e. The normalized spacial score (nSPS) is 10.8. The zero-order valence-electron chi connectivity index (χ0n) is 14.2. The quantitative estimate of drug-likeness (QED) is 0.677. The van der Waals surface area contributed by atoms with E-state index < -0.39 is 0 Å². The van der Waals surface area contributed by atoms with Gasteiger partial charge < -0.3 is 10.1 Å². The number of aryl methyl sites for hydroxylation is 1. The van der Waals surface area contributed by atoms with E-state index in [2.05, 4.69) is 53.7 Å². The van der Waals surface area contributed by atoms with Crippen LogP contribution in [0.2, 0.25) is 0 Å². The molecule has 0 aliphatic heterocycles. The molecule has 0 saturated heterocycles. The Kier molecular flexibility index (Phi) is 5.29. The van der Waals surface area contributed by atoms with Crippen LogP contribution in [-0.2, 0) is 13.0 Å². The van der Waals surface area contributed by atoms with E-state index in [1.165, 1.54) is 16.7 Å². The number of aromatic nitrogens is 2. The van der Waals surface area contributed by atoms with Gasteiger partial charge in [0.25, 0.3) is 0 Å². The highest BCUT2D eigenvalue weighted by Gasteiger charge is 2.03. The molecule has 0 amide bonds. The van der Waals surface area contributed by atoms with Gasteiger partial charge in [0.2, 0.25) is 0 Å². The first kappa shape index (κ1) is 16.3. The topological polar surface area (TPSA) is 39.1 Å². The molecule has 0 radical (unpaired) electrons. The number of ether oxygens (including phenoxy) is 1. The van der Waals surface area contributed by atoms with E-state index in [1.807, 2.05) is 23.0 Å². The van der Waals surface area contributed by atoms with Gasteiger partial charge in [-0.15, -0.1) is 0 Å². The van der Waals surface area contributed by atoms with Gasteiger partial charge in [0.15, 0.2) is 0 Å². The smallest absolute Gasteiger partial charge is 0.122 e. The molecule has 1 heterocycles. The van der Waals surface area contributed by atoms with E-state index in [0.29, 0.717) is 0 Å². The van der Waals surface area contributed by atoms with Crippen LogP contribution in [0.5, 0.6) is 5.75 Å². The summed E-state index contributed by atoms with van der Waals surface area (Å²) in [6.45, 7) is 3.88. The molecule has 3 aromatic rings. The molecule has 0 spiro atoms. The third-order valence-corrected chi connectivity index (χ3v) is 4.04. The number of methoxy groups -OCH3 is 1. The fraction of sp³-hybridized carbons (Fsp3) is 0.250. The fourth-order valence-electron chi connectivity index (χ4n) is 2.75. The molecular formula is C20H23N3O. The second-order valence-electron chi connectivity index (χ2n) is 5.86. The van der Waals surface area contributed by atoms with Crippen LogP contribution in [-0.4, -0.2) is 23.4 Å². The van der Waals surface area contributed by atoms with Crippen LogP contribution in [0.1, 0.15) is 16.7 Å². The zero-order chi connectivity index (χ0) is 16.8. The van der Waals surface area contributed by atoms with Gasteiger partial charge in [0.05, 0.1) is 12.8 Å². The van der Waals surface area contributed by atoms with Crippen LogP contribution >= 0.6 is 0 Å². The molecule has 0 saturated carbocycles. The van der Waals surface area contributed by atoms with E-state index in [4.69, 9.17) is 4.74 Å². The predicted octanol–water partition coefficient (Wildman–Crippen LogP) is 3.52. The third kappa shape index (κ3) is 4.03. The molecule has 0 bridgehead atoms. The highest BCUT2D eigenvalue weighted by Crippen LogP contribution is 2.19. The van der Waals surface area contributed by atoms with Crippen LogP contribution in [0.4, 0.5) is 0 Å². The van der Waals surface area contributed by atoms with E-state index in [1.54, 1.807) is 13.3 Å². The number of rotatable bonds is 7. The summed E-state index contributed by atoms with van der Waals surface area (Å²) in [4.78, 5) is 0. The Labute approximate surface area is 143 Å². The SMILES string of the molecule is COc1ccc(C)cc1CCNCc1ccc(-n2cccn2)cc1. The number of hydrogen-bond donors (Lipinski definition) is 1. The molecule has 0 aliphatic rings. The molecule has 1 N–H and O–H groups in total. The van der Waals surface area contributed by atoms with Gasteiger partial charge in [-0.3, -0.25) is 0 Å². The molecule has 124 valence electrons. The van der Waals surface area contributed by atoms with Gasteiger partial charge in [0.1, 0.15) is 5.75 Å². The Hall–Kier alpha value is -2.59. The molecule has 0 aliphatic carbocycles. The Morgan fingerprint density at radius 3 is 2.67 bits per heavy atom. The molecule has 3 rings (SSSR count). The van der Waals surface area contributed by atoms with E-state index in [0.717, 1.165) is 30.9 Å². The van der Waals surface area contributed by atoms with Crippen molar-refractivity contribution >= 4 is 0 Å². The largest absolute Gasteiger partial charge is 0.496 e. The van der Waals surface area contributed by atoms with Gasteiger partial charge in [0, 0.05) is 18.9 Å². The molecule has 0 atom stereocenters. The highest BCUT2D eigenvalue weighted by atomic mass is 16.5. The predicted molar refractivity (Wildman–Crippen MR) is 96.7 cm³/mol. The Bertz CT molecular complexity index is 764. The Morgan fingerprint density at radius 2 is 1.96 bits per heavy atom. The average Bonchev–Trinajstić information content (AvgIpc) is 3.14. The summed E-state index contributed by atoms with van der Waals surface area (Å²) >= 11 is 0. The van der Waals surface area contributed by atoms with Crippen molar-refractivity contribution in [3.05, 3.63) is 77.6 Å². The number of benzene rings is 2. The van der Waals surface area contributed by atoms with E-state index in [-0.39, 0.29) is 0 Å². The van der Waals surface area contributed by atoms with Gasteiger partial charge in [-0.05, 0) is 55.3 Å². The summed E-state index contributed by atoms with van der Waals surface area (Å²) in [5.74, 6) is 0.964. The Balaban J connectivity index is 1.51. The number of hydrogen-bond acceptors (Lipinski definition) is 3. The first-order chi connectivity index (χ1) is 11.8. The first-order valence-corrected chi connectivity index (χ1v) is 8.19. The zero-order valence-corrected chi connectivity index (χ0v) is 14.2. The number of nitrogens with zero attached hydrogens (tertiary/aromatic N) is 2. The summed E-state index contributed by atoms with van der Waals surface area (Å²) in [6, 6.07) is 16.7. The fourth-order valence-corrected chi connectivity index (χ4v) is 2.75. The highest BCUT2D eigenvalue weighted by molar-refractivity contribution is 5.37. The first-order valence-electron chi connectivity index (χ1n) is 8.19. The van der Waals surface area contributed by atoms with Crippen molar-refractivity contribution in [2.45, 2.75) is 19.9 Å². The Morgan fingerprint density at radius 1 is 1.12 bits per heavy atom. The minimum atomic E-state index is 0.855. The van der Waals surface area contributed by atoms with Gasteiger partial charge in [-0.25, -0.2) is 4.68 Å². The van der Waals surface area contributed by atoms with Crippen LogP contribution in [0.25, 0.3) is 5.69 Å². The van der Waals surface area contributed by atoms with E-state index in [9.17, 15) is 0 Å². The standard InChI is InChI=1S/C20H23N3O/c1-16-4-9-20(24-2)18(14-16)10-12-21-15-17-5-7-19(8-6-17)23-13-3-11-22-23/h3-9,11,13-14,21H,10,12,15H2,1-2H3. The van der Waals surface area contributed by atoms with Crippen LogP contribution in [0, 0.1) is 6.92 Å². The summed E-state index contributed by atoms with van der Waals surface area (Å²) in [5.41, 5.74) is 4.86. The van der Waals surface area contributed by atoms with Crippen molar-refractivity contribution < 1.29 is 4.74 Å². The molecule has 4 nitrogen and oxygen atoms in total. The van der Waals surface area contributed by atoms with Crippen molar-refractivity contribution in [1.29, 1.82) is 0 Å². The van der Waals surface area contributed by atoms with Gasteiger partial charge >= 0.3 is 0 Å². The molecule has 0 unspecified atom stereocenters. The second-order valence-corrected chi connectivity index (χ2v) is 5.86. The third-order valence-electron chi connectivity index (χ3n) is 4.04. The minimum absolute atomic E-state index is 0.855. The van der Waals surface area contributed by atoms with Crippen LogP contribution < -0.4 is 10.1 Å². The van der Waals surface area contributed by atoms with Gasteiger partial charge in [-0.2, -0.15) is 5.10 Å². The molecule has 0 fully saturated rings. The average molecular weight is 321 g/mol. The lowest BCUT2D eigenvalue weighted by Crippen LogP contribution is -2.17. The summed E-state index contributed by atoms with van der Waals surface area (Å²) in [5, 5.41) is 7.73. The van der Waals surface area contributed by atoms with Crippen molar-refractivity contribution in [2.75, 3.05) is 13.7 Å². The summed E-state index contributed by atoms with van der Waals surface area (Å²) in [7, 11) is 1.72. The van der Waals surface area contributed by atoms with Crippen LogP contribution in [0.3, 0.4) is 0 Å². The van der Waals surface area contributed by atoms with Crippen LogP contribution in [0.15, 0.2) is 60.9 Å². The maximum absolute atomic E-state index is 5.43. The number of nitrogens with one attached hydrogen (secondary N) is 1. The van der Waals surface area contributed by atoms with Crippen molar-refractivity contribution in [3.8, 4) is 11.4 Å². The minimum Gasteiger partial charge on any atom is -0.496 e. The molecule has 24 heavy (non-hydrogen) atoms. The maximum atomic E-state index is 5.43. The second kappa shape index (κ2) is 7.79. The van der Waals surface area contributed by atoms with Gasteiger partial charge in [-0.1, -0.05) is 29.8 Å². The molecule has 2 aromatic carbocycles. The molecule has 4 heteroatoms. The van der Waals surface area contributed by atoms with Crippen molar-refractivity contribution in [1.82, 2.24) is 15.1 Å². The summed E-state index contributed by atoms with van der Waals surface area (Å²) in [6.07, 6.45) is 4.69. The monoisotopic (exact) mass is 321 g/mol. The molecular weight excluding hydrogens is 298 g/mol. The lowest BCUT2D eigenvalue weighted by molar-refractivity contribution is 0.409. The molecule has 1 aromatic heterocycles. The van der Waals surface area contributed by atoms with E-state index >= 15 is 0 Å². The lowest BCUT2D eigenvalue weighted by atomic mass is 10.1. The lowest BCUT2D eigenvalue weighted by Gasteiger charge is -2.10. The summed E-state index contributed by atoms with van der Waals surface area (Å²) < 4.78 is 7.29. The van der Waals surface area contributed by atoms with Crippen molar-refractivity contribution in [3.63, 3.8) is 0 Å².